The number of ether oxygens (including phenoxy) is 4. The molecule has 0 bridgehead atoms. The zero-order chi connectivity index (χ0) is 53.4. The maximum Gasteiger partial charge on any atom is 0.306 e. The Labute approximate surface area is 449 Å². The van der Waals surface area contributed by atoms with E-state index in [9.17, 15) is 19.5 Å². The predicted molar refractivity (Wildman–Crippen MR) is 306 cm³/mol. The summed E-state index contributed by atoms with van der Waals surface area (Å²) in [6, 6.07) is 0. The Morgan fingerprint density at radius 3 is 1.16 bits per heavy atom. The van der Waals surface area contributed by atoms with Gasteiger partial charge in [0.05, 0.1) is 40.3 Å². The van der Waals surface area contributed by atoms with E-state index >= 15 is 0 Å². The maximum absolute atomic E-state index is 12.9. The lowest BCUT2D eigenvalue weighted by Crippen LogP contribution is -2.44. The molecule has 0 amide bonds. The molecule has 0 aliphatic heterocycles. The van der Waals surface area contributed by atoms with Crippen LogP contribution in [-0.4, -0.2) is 82.3 Å². The average Bonchev–Trinajstić information content (AvgIpc) is 3.36. The molecule has 0 aromatic heterocycles. The summed E-state index contributed by atoms with van der Waals surface area (Å²) >= 11 is 0. The first kappa shape index (κ1) is 69.5. The van der Waals surface area contributed by atoms with Gasteiger partial charge in [-0.3, -0.25) is 9.59 Å². The minimum absolute atomic E-state index is 0.142. The second-order valence-electron chi connectivity index (χ2n) is 20.9. The fraction of sp³-hybridized carbons (Fsp3) is 0.734. The number of quaternary nitrogens is 1. The number of likely N-dealkylation sites (N-methyl/N-ethyl adjacent to an activating group) is 1. The number of nitrogens with zero attached hydrogens (tertiary/aromatic N) is 1. The highest BCUT2D eigenvalue weighted by molar-refractivity contribution is 5.70. The van der Waals surface area contributed by atoms with E-state index in [1.165, 1.54) is 128 Å². The SMILES string of the molecule is CC/C=C\C/C=C\C/C=C\C/C=C\C/C=C\CCCCCCCCCC(=O)OC(COC(=O)CCCCCCCCCCCCCCC/C=C\C/C=C\CCCCCCC)COC(OCC[N+](C)(C)C)C(=O)[O-]. The van der Waals surface area contributed by atoms with Crippen molar-refractivity contribution in [3.8, 4) is 0 Å². The van der Waals surface area contributed by atoms with Crippen molar-refractivity contribution in [1.29, 1.82) is 0 Å². The van der Waals surface area contributed by atoms with Crippen LogP contribution >= 0.6 is 0 Å². The highest BCUT2D eigenvalue weighted by atomic mass is 16.7. The van der Waals surface area contributed by atoms with Crippen LogP contribution in [0, 0.1) is 0 Å². The van der Waals surface area contributed by atoms with Crippen molar-refractivity contribution in [2.45, 2.75) is 257 Å². The van der Waals surface area contributed by atoms with Gasteiger partial charge in [-0.05, 0) is 89.9 Å². The summed E-state index contributed by atoms with van der Waals surface area (Å²) < 4.78 is 22.7. The van der Waals surface area contributed by atoms with Crippen LogP contribution in [-0.2, 0) is 33.3 Å². The number of hydrogen-bond acceptors (Lipinski definition) is 8. The standard InChI is InChI=1S/C64H111NO8/c1-6-8-10-12-14-16-18-20-22-24-26-28-30-31-33-34-36-38-40-42-44-46-48-50-52-54-61(66)71-58-60(59-72-64(63(68)69)70-57-56-65(3,4)5)73-62(67)55-53-51-49-47-45-43-41-39-37-35-32-29-27-25-23-21-19-17-15-13-11-9-7-2/h9,11,15,17-18,20-21,23-24,26-27,29,35,37,60,64H,6-8,10,12-14,16,19,22,25,28,30-34,36,38-59H2,1-5H3/b11-9-,17-15-,20-18-,23-21-,26-24-,29-27-,37-35-. The van der Waals surface area contributed by atoms with Gasteiger partial charge in [0.15, 0.2) is 12.4 Å². The summed E-state index contributed by atoms with van der Waals surface area (Å²) in [5, 5.41) is 11.8. The second kappa shape index (κ2) is 54.7. The summed E-state index contributed by atoms with van der Waals surface area (Å²) in [6.07, 6.45) is 69.1. The molecule has 0 heterocycles. The van der Waals surface area contributed by atoms with Crippen molar-refractivity contribution >= 4 is 17.9 Å². The Kier molecular flexibility index (Phi) is 52.1. The van der Waals surface area contributed by atoms with E-state index in [-0.39, 0.29) is 38.6 Å². The molecule has 0 saturated heterocycles. The lowest BCUT2D eigenvalue weighted by molar-refractivity contribution is -0.870. The Balaban J connectivity index is 4.26. The first-order valence-electron chi connectivity index (χ1n) is 29.7. The van der Waals surface area contributed by atoms with E-state index < -0.39 is 24.3 Å². The van der Waals surface area contributed by atoms with Gasteiger partial charge in [0.1, 0.15) is 13.2 Å². The van der Waals surface area contributed by atoms with Crippen molar-refractivity contribution in [1.82, 2.24) is 0 Å². The molecule has 0 fully saturated rings. The Bertz CT molecular complexity index is 1470. The van der Waals surface area contributed by atoms with Gasteiger partial charge in [0, 0.05) is 12.8 Å². The van der Waals surface area contributed by atoms with E-state index in [1.54, 1.807) is 0 Å². The van der Waals surface area contributed by atoms with Crippen LogP contribution in [0.5, 0.6) is 0 Å². The summed E-state index contributed by atoms with van der Waals surface area (Å²) in [5.41, 5.74) is 0. The van der Waals surface area contributed by atoms with Crippen LogP contribution in [0.1, 0.15) is 245 Å². The lowest BCUT2D eigenvalue weighted by Gasteiger charge is -2.26. The molecular formula is C64H111NO8. The monoisotopic (exact) mass is 1020 g/mol. The Morgan fingerprint density at radius 1 is 0.425 bits per heavy atom. The van der Waals surface area contributed by atoms with Gasteiger partial charge in [0.25, 0.3) is 0 Å². The molecule has 9 heteroatoms. The van der Waals surface area contributed by atoms with Crippen molar-refractivity contribution in [3.05, 3.63) is 85.1 Å². The summed E-state index contributed by atoms with van der Waals surface area (Å²) in [6.45, 7) is 4.62. The number of carboxylic acids is 1. The van der Waals surface area contributed by atoms with Crippen LogP contribution in [0.15, 0.2) is 85.1 Å². The van der Waals surface area contributed by atoms with E-state index in [0.717, 1.165) is 83.5 Å². The topological polar surface area (TPSA) is 111 Å². The Morgan fingerprint density at radius 2 is 0.781 bits per heavy atom. The molecule has 2 atom stereocenters. The zero-order valence-electron chi connectivity index (χ0n) is 47.7. The number of carbonyl (C=O) groups excluding carboxylic acids is 3. The van der Waals surface area contributed by atoms with Gasteiger partial charge >= 0.3 is 11.9 Å². The van der Waals surface area contributed by atoms with Gasteiger partial charge in [-0.15, -0.1) is 0 Å². The highest BCUT2D eigenvalue weighted by Gasteiger charge is 2.22. The van der Waals surface area contributed by atoms with Crippen molar-refractivity contribution in [2.24, 2.45) is 0 Å². The van der Waals surface area contributed by atoms with Crippen LogP contribution in [0.2, 0.25) is 0 Å². The molecule has 420 valence electrons. The summed E-state index contributed by atoms with van der Waals surface area (Å²) in [5.74, 6) is -2.30. The van der Waals surface area contributed by atoms with E-state index in [0.29, 0.717) is 17.4 Å². The van der Waals surface area contributed by atoms with Crippen molar-refractivity contribution in [2.75, 3.05) is 47.5 Å². The number of carbonyl (C=O) groups is 3. The molecule has 73 heavy (non-hydrogen) atoms. The zero-order valence-corrected chi connectivity index (χ0v) is 47.7. The number of esters is 2. The van der Waals surface area contributed by atoms with E-state index in [1.807, 2.05) is 21.1 Å². The van der Waals surface area contributed by atoms with Crippen LogP contribution in [0.3, 0.4) is 0 Å². The third-order valence-corrected chi connectivity index (χ3v) is 12.6. The lowest BCUT2D eigenvalue weighted by atomic mass is 10.0. The average molecular weight is 1020 g/mol. The molecule has 2 unspecified atom stereocenters. The van der Waals surface area contributed by atoms with Gasteiger partial charge < -0.3 is 33.3 Å². The van der Waals surface area contributed by atoms with Crippen molar-refractivity contribution in [3.63, 3.8) is 0 Å². The van der Waals surface area contributed by atoms with E-state index in [4.69, 9.17) is 18.9 Å². The number of allylic oxidation sites excluding steroid dienone is 14. The first-order chi connectivity index (χ1) is 35.6. The second-order valence-corrected chi connectivity index (χ2v) is 20.9. The molecule has 0 N–H and O–H groups in total. The number of rotatable bonds is 54. The number of hydrogen-bond donors (Lipinski definition) is 0. The Hall–Kier alpha value is -3.53. The highest BCUT2D eigenvalue weighted by Crippen LogP contribution is 2.16. The fourth-order valence-corrected chi connectivity index (χ4v) is 8.06. The third kappa shape index (κ3) is 56.0. The minimum Gasteiger partial charge on any atom is -0.545 e. The van der Waals surface area contributed by atoms with E-state index in [2.05, 4.69) is 98.9 Å². The third-order valence-electron chi connectivity index (χ3n) is 12.6. The number of carboxylic acid groups (broad SMARTS) is 1. The van der Waals surface area contributed by atoms with Gasteiger partial charge in [-0.2, -0.15) is 0 Å². The normalized spacial score (nSPS) is 13.4. The van der Waals surface area contributed by atoms with Gasteiger partial charge in [-0.25, -0.2) is 0 Å². The fourth-order valence-electron chi connectivity index (χ4n) is 8.06. The maximum atomic E-state index is 12.9. The summed E-state index contributed by atoms with van der Waals surface area (Å²) in [4.78, 5) is 37.3. The van der Waals surface area contributed by atoms with Crippen molar-refractivity contribution < 1.29 is 42.9 Å². The van der Waals surface area contributed by atoms with Crippen LogP contribution in [0.4, 0.5) is 0 Å². The van der Waals surface area contributed by atoms with Gasteiger partial charge in [0.2, 0.25) is 0 Å². The minimum atomic E-state index is -1.63. The molecule has 9 nitrogen and oxygen atoms in total. The molecule has 0 saturated carbocycles. The smallest absolute Gasteiger partial charge is 0.306 e. The molecule has 0 rings (SSSR count). The van der Waals surface area contributed by atoms with Crippen LogP contribution < -0.4 is 5.11 Å². The largest absolute Gasteiger partial charge is 0.545 e. The molecule has 0 aliphatic rings. The molecular weight excluding hydrogens is 911 g/mol. The first-order valence-corrected chi connectivity index (χ1v) is 29.7. The molecule has 0 aromatic carbocycles. The quantitative estimate of drug-likeness (QED) is 0.0195. The molecule has 0 aromatic rings. The summed E-state index contributed by atoms with van der Waals surface area (Å²) in [7, 11) is 5.91. The molecule has 0 aliphatic carbocycles. The van der Waals surface area contributed by atoms with Gasteiger partial charge in [-0.1, -0.05) is 227 Å². The molecule has 0 radical (unpaired) electrons. The van der Waals surface area contributed by atoms with Crippen LogP contribution in [0.25, 0.3) is 0 Å². The number of unbranched alkanes of at least 4 members (excludes halogenated alkanes) is 25. The number of aliphatic carboxylic acids is 1. The molecule has 0 spiro atoms. The predicted octanol–water partition coefficient (Wildman–Crippen LogP) is 16.2.